The van der Waals surface area contributed by atoms with Crippen molar-refractivity contribution in [1.82, 2.24) is 24.5 Å². The highest BCUT2D eigenvalue weighted by molar-refractivity contribution is 6.10. The Morgan fingerprint density at radius 2 is 0.921 bits per heavy atom. The average molecular weight is 990 g/mol. The highest BCUT2D eigenvalue weighted by atomic mass is 15.4. The Balaban J connectivity index is 1.04. The van der Waals surface area contributed by atoms with Crippen molar-refractivity contribution in [2.75, 3.05) is 16.5 Å². The molecule has 1 aliphatic rings. The smallest absolute Gasteiger partial charge is 0.164 e. The quantitative estimate of drug-likeness (QED) is 0.151. The summed E-state index contributed by atoms with van der Waals surface area (Å²) in [7, 11) is 0. The molecule has 0 fully saturated rings. The van der Waals surface area contributed by atoms with Crippen LogP contribution in [0.3, 0.4) is 0 Å². The maximum absolute atomic E-state index is 5.54. The number of hydrogen-bond donors (Lipinski definition) is 0. The lowest BCUT2D eigenvalue weighted by atomic mass is 9.76. The first-order chi connectivity index (χ1) is 36.6. The van der Waals surface area contributed by atoms with Gasteiger partial charge in [-0.05, 0) is 92.6 Å². The molecule has 0 saturated carbocycles. The third kappa shape index (κ3) is 8.69. The van der Waals surface area contributed by atoms with Crippen LogP contribution in [-0.2, 0) is 16.2 Å². The highest BCUT2D eigenvalue weighted by Crippen LogP contribution is 2.50. The van der Waals surface area contributed by atoms with Crippen LogP contribution >= 0.6 is 0 Å². The van der Waals surface area contributed by atoms with Crippen LogP contribution in [-0.4, -0.2) is 31.2 Å². The van der Waals surface area contributed by atoms with E-state index in [0.717, 1.165) is 61.4 Å². The fraction of sp³-hybridized carbons (Fsp3) is 0.188. The molecule has 0 spiro atoms. The van der Waals surface area contributed by atoms with Crippen LogP contribution in [0.5, 0.6) is 0 Å². The summed E-state index contributed by atoms with van der Waals surface area (Å²) in [6, 6.07) is 71.9. The van der Waals surface area contributed by atoms with Gasteiger partial charge < -0.3 is 9.80 Å². The summed E-state index contributed by atoms with van der Waals surface area (Å²) >= 11 is 0. The third-order valence-electron chi connectivity index (χ3n) is 14.9. The Morgan fingerprint density at radius 3 is 1.55 bits per heavy atom. The number of anilines is 4. The molecule has 7 heteroatoms. The minimum absolute atomic E-state index is 0.0525. The highest BCUT2D eigenvalue weighted by Gasteiger charge is 2.33. The van der Waals surface area contributed by atoms with Crippen molar-refractivity contribution < 1.29 is 0 Å². The second-order valence-electron chi connectivity index (χ2n) is 23.2. The Kier molecular flexibility index (Phi) is 11.8. The van der Waals surface area contributed by atoms with E-state index in [4.69, 9.17) is 19.9 Å². The summed E-state index contributed by atoms with van der Waals surface area (Å²) in [6.45, 7) is 21.0. The molecular formula is C69H63N7. The van der Waals surface area contributed by atoms with Gasteiger partial charge in [-0.15, -0.1) is 0 Å². The monoisotopic (exact) mass is 990 g/mol. The lowest BCUT2D eigenvalue weighted by molar-refractivity contribution is 0.570. The van der Waals surface area contributed by atoms with Crippen molar-refractivity contribution >= 4 is 44.6 Å². The number of para-hydroxylation sites is 4. The van der Waals surface area contributed by atoms with E-state index in [9.17, 15) is 0 Å². The molecule has 0 saturated heterocycles. The first kappa shape index (κ1) is 48.3. The van der Waals surface area contributed by atoms with E-state index >= 15 is 0 Å². The van der Waals surface area contributed by atoms with Gasteiger partial charge in [0.1, 0.15) is 12.5 Å². The van der Waals surface area contributed by atoms with Crippen LogP contribution in [0.15, 0.2) is 206 Å². The van der Waals surface area contributed by atoms with Crippen molar-refractivity contribution in [3.05, 3.63) is 223 Å². The maximum Gasteiger partial charge on any atom is 0.164 e. The molecule has 76 heavy (non-hydrogen) atoms. The van der Waals surface area contributed by atoms with Gasteiger partial charge in [0.2, 0.25) is 0 Å². The molecule has 0 N–H and O–H groups in total. The summed E-state index contributed by atoms with van der Waals surface area (Å²) in [6.07, 6.45) is 1.93. The summed E-state index contributed by atoms with van der Waals surface area (Å²) in [4.78, 5) is 26.5. The largest absolute Gasteiger partial charge is 0.321 e. The number of benzene rings is 8. The van der Waals surface area contributed by atoms with Gasteiger partial charge in [0.25, 0.3) is 0 Å². The molecule has 3 aromatic heterocycles. The summed E-state index contributed by atoms with van der Waals surface area (Å²) in [5.41, 5.74) is 17.3. The third-order valence-corrected chi connectivity index (χ3v) is 14.9. The molecule has 11 aromatic rings. The van der Waals surface area contributed by atoms with Gasteiger partial charge in [-0.25, -0.2) is 19.9 Å². The van der Waals surface area contributed by atoms with Crippen LogP contribution in [0.2, 0.25) is 0 Å². The van der Waals surface area contributed by atoms with Crippen LogP contribution < -0.4 is 9.80 Å². The summed E-state index contributed by atoms with van der Waals surface area (Å²) < 4.78 is 2.29. The first-order valence-corrected chi connectivity index (χ1v) is 26.5. The molecule has 0 unspecified atom stereocenters. The van der Waals surface area contributed by atoms with Crippen LogP contribution in [0, 0.1) is 0 Å². The second-order valence-corrected chi connectivity index (χ2v) is 23.2. The van der Waals surface area contributed by atoms with Gasteiger partial charge in [-0.2, -0.15) is 0 Å². The van der Waals surface area contributed by atoms with Crippen LogP contribution in [0.4, 0.5) is 22.7 Å². The zero-order valence-electron chi connectivity index (χ0n) is 45.0. The van der Waals surface area contributed by atoms with E-state index in [2.05, 4.69) is 277 Å². The molecule has 0 atom stereocenters. The summed E-state index contributed by atoms with van der Waals surface area (Å²) in [5, 5.41) is 2.30. The predicted molar refractivity (Wildman–Crippen MR) is 317 cm³/mol. The molecule has 7 nitrogen and oxygen atoms in total. The predicted octanol–water partition coefficient (Wildman–Crippen LogP) is 17.8. The zero-order chi connectivity index (χ0) is 52.5. The number of pyridine rings is 1. The van der Waals surface area contributed by atoms with E-state index in [1.807, 2.05) is 6.20 Å². The molecule has 0 aliphatic carbocycles. The van der Waals surface area contributed by atoms with Crippen molar-refractivity contribution in [1.29, 1.82) is 0 Å². The molecule has 1 aliphatic heterocycles. The number of fused-ring (bicyclic) bond motifs is 4. The average Bonchev–Trinajstić information content (AvgIpc) is 4.12. The van der Waals surface area contributed by atoms with Gasteiger partial charge in [-0.3, -0.25) is 4.57 Å². The first-order valence-electron chi connectivity index (χ1n) is 26.5. The van der Waals surface area contributed by atoms with Gasteiger partial charge in [0.05, 0.1) is 28.1 Å². The Hall–Kier alpha value is -8.68. The molecule has 0 amide bonds. The summed E-state index contributed by atoms with van der Waals surface area (Å²) in [5.74, 6) is 2.74. The van der Waals surface area contributed by atoms with E-state index in [-0.39, 0.29) is 16.2 Å². The molecule has 4 heterocycles. The topological polar surface area (TPSA) is 63.0 Å². The fourth-order valence-corrected chi connectivity index (χ4v) is 11.1. The SMILES string of the molecule is CC(C)(C)c1ccnc(-n2c3ccccc3c3ccc(-c4nc(-c5cccc(N6CN(c7c(-c8ccccc8)cccc7-c7ccccc7)c7ccccc76)c5)nc(-c5c(C(C)(C)C)cccc5C(C)(C)C)n4)cc32)c1. The van der Waals surface area contributed by atoms with Crippen molar-refractivity contribution in [3.8, 4) is 62.2 Å². The van der Waals surface area contributed by atoms with Gasteiger partial charge in [0.15, 0.2) is 17.5 Å². The van der Waals surface area contributed by atoms with Crippen molar-refractivity contribution in [2.45, 2.75) is 78.6 Å². The standard InChI is InChI=1S/C69H63N7/c1-67(2,3)49-39-40-70-61(43-49)76-57-34-17-16-29-53(57)54-38-37-48(42-60(54)76)65-71-64(72-66(73-65)62-55(68(4,5)6)32-22-33-56(62)69(7,8)9)47-27-20-28-50(41-47)74-44-75(59-36-19-18-35-58(59)74)63-51(45-23-12-10-13-24-45)30-21-31-52(63)46-25-14-11-15-26-46/h10-43H,44H2,1-9H3. The molecule has 0 bridgehead atoms. The minimum Gasteiger partial charge on any atom is -0.321 e. The number of nitrogens with zero attached hydrogens (tertiary/aromatic N) is 7. The maximum atomic E-state index is 5.54. The van der Waals surface area contributed by atoms with Crippen molar-refractivity contribution in [3.63, 3.8) is 0 Å². The van der Waals surface area contributed by atoms with Gasteiger partial charge in [-0.1, -0.05) is 214 Å². The Labute approximate surface area is 447 Å². The minimum atomic E-state index is -0.202. The second kappa shape index (κ2) is 18.6. The lowest BCUT2D eigenvalue weighted by Gasteiger charge is -2.29. The number of hydrogen-bond acceptors (Lipinski definition) is 6. The Morgan fingerprint density at radius 1 is 0.395 bits per heavy atom. The van der Waals surface area contributed by atoms with E-state index in [1.165, 1.54) is 44.6 Å². The normalized spacial score (nSPS) is 13.0. The van der Waals surface area contributed by atoms with Gasteiger partial charge in [0, 0.05) is 50.5 Å². The van der Waals surface area contributed by atoms with Crippen LogP contribution in [0.1, 0.15) is 79.0 Å². The molecule has 0 radical (unpaired) electrons. The van der Waals surface area contributed by atoms with E-state index < -0.39 is 0 Å². The number of rotatable bonds is 8. The molecule has 12 rings (SSSR count). The van der Waals surface area contributed by atoms with Crippen LogP contribution in [0.25, 0.3) is 84.0 Å². The molecule has 8 aromatic carbocycles. The molecule has 374 valence electrons. The van der Waals surface area contributed by atoms with E-state index in [0.29, 0.717) is 24.1 Å². The molecular weight excluding hydrogens is 927 g/mol. The fourth-order valence-electron chi connectivity index (χ4n) is 11.1. The van der Waals surface area contributed by atoms with Gasteiger partial charge >= 0.3 is 0 Å². The zero-order valence-corrected chi connectivity index (χ0v) is 45.0. The van der Waals surface area contributed by atoms with Crippen molar-refractivity contribution in [2.24, 2.45) is 0 Å². The van der Waals surface area contributed by atoms with E-state index in [1.54, 1.807) is 0 Å². The lowest BCUT2D eigenvalue weighted by Crippen LogP contribution is -2.25. The Bertz CT molecular complexity index is 3890. The number of aromatic nitrogens is 5.